The molecule has 16 heavy (non-hydrogen) atoms. The van der Waals surface area contributed by atoms with Gasteiger partial charge in [-0.3, -0.25) is 4.79 Å². The van der Waals surface area contributed by atoms with Crippen molar-refractivity contribution in [1.82, 2.24) is 5.32 Å². The largest absolute Gasteiger partial charge is 0.480 e. The maximum atomic E-state index is 11.0. The van der Waals surface area contributed by atoms with E-state index in [0.717, 1.165) is 45.1 Å². The van der Waals surface area contributed by atoms with Crippen LogP contribution in [0.25, 0.3) is 0 Å². The van der Waals surface area contributed by atoms with E-state index in [1.165, 1.54) is 0 Å². The van der Waals surface area contributed by atoms with Crippen LogP contribution in [0.2, 0.25) is 0 Å². The van der Waals surface area contributed by atoms with E-state index in [1.54, 1.807) is 0 Å². The predicted octanol–water partition coefficient (Wildman–Crippen LogP) is 0.990. The lowest BCUT2D eigenvalue weighted by Crippen LogP contribution is -2.41. The van der Waals surface area contributed by atoms with E-state index in [-0.39, 0.29) is 12.1 Å². The van der Waals surface area contributed by atoms with Gasteiger partial charge in [-0.05, 0) is 56.9 Å². The van der Waals surface area contributed by atoms with Crippen molar-refractivity contribution in [1.29, 1.82) is 0 Å². The third-order valence-electron chi connectivity index (χ3n) is 3.80. The molecule has 3 N–H and O–H groups in total. The van der Waals surface area contributed by atoms with Crippen LogP contribution in [0, 0.1) is 11.8 Å². The second-order valence-electron chi connectivity index (χ2n) is 5.24. The van der Waals surface area contributed by atoms with Gasteiger partial charge in [0.2, 0.25) is 0 Å². The highest BCUT2D eigenvalue weighted by atomic mass is 16.4. The zero-order valence-electron chi connectivity index (χ0n) is 9.56. The molecule has 1 atom stereocenters. The Morgan fingerprint density at radius 3 is 2.31 bits per heavy atom. The second kappa shape index (κ2) is 5.15. The smallest absolute Gasteiger partial charge is 0.320 e. The number of aliphatic hydroxyl groups excluding tert-OH is 1. The third kappa shape index (κ3) is 3.19. The number of hydrogen-bond acceptors (Lipinski definition) is 3. The van der Waals surface area contributed by atoms with E-state index in [2.05, 4.69) is 5.32 Å². The Morgan fingerprint density at radius 2 is 1.81 bits per heavy atom. The van der Waals surface area contributed by atoms with Crippen LogP contribution in [0.5, 0.6) is 0 Å². The molecule has 92 valence electrons. The summed E-state index contributed by atoms with van der Waals surface area (Å²) < 4.78 is 0. The molecule has 2 saturated carbocycles. The van der Waals surface area contributed by atoms with Gasteiger partial charge in [-0.1, -0.05) is 0 Å². The van der Waals surface area contributed by atoms with Crippen LogP contribution in [0.1, 0.15) is 38.5 Å². The number of nitrogens with one attached hydrogen (secondary N) is 1. The molecule has 0 bridgehead atoms. The Morgan fingerprint density at radius 1 is 1.19 bits per heavy atom. The SMILES string of the molecule is O=C(O)C(NCC1CCC(O)CC1)C1CC1. The number of carboxylic acids is 1. The first-order chi connectivity index (χ1) is 7.66. The van der Waals surface area contributed by atoms with Gasteiger partial charge in [-0.2, -0.15) is 0 Å². The molecule has 2 fully saturated rings. The van der Waals surface area contributed by atoms with Gasteiger partial charge in [-0.15, -0.1) is 0 Å². The van der Waals surface area contributed by atoms with Gasteiger partial charge in [0.1, 0.15) is 6.04 Å². The summed E-state index contributed by atoms with van der Waals surface area (Å²) in [6.07, 6.45) is 5.74. The van der Waals surface area contributed by atoms with Gasteiger partial charge in [0.25, 0.3) is 0 Å². The summed E-state index contributed by atoms with van der Waals surface area (Å²) in [5.74, 6) is 0.189. The molecule has 0 aromatic heterocycles. The van der Waals surface area contributed by atoms with Crippen LogP contribution < -0.4 is 5.32 Å². The average Bonchev–Trinajstić information content (AvgIpc) is 3.05. The van der Waals surface area contributed by atoms with E-state index in [9.17, 15) is 9.90 Å². The first kappa shape index (κ1) is 11.9. The highest BCUT2D eigenvalue weighted by molar-refractivity contribution is 5.74. The third-order valence-corrected chi connectivity index (χ3v) is 3.80. The number of aliphatic carboxylic acids is 1. The molecule has 0 aliphatic heterocycles. The zero-order valence-corrected chi connectivity index (χ0v) is 9.56. The van der Waals surface area contributed by atoms with Gasteiger partial charge in [0.15, 0.2) is 0 Å². The first-order valence-corrected chi connectivity index (χ1v) is 6.31. The highest BCUT2D eigenvalue weighted by Crippen LogP contribution is 2.33. The average molecular weight is 227 g/mol. The molecule has 4 nitrogen and oxygen atoms in total. The van der Waals surface area contributed by atoms with E-state index < -0.39 is 5.97 Å². The molecule has 0 saturated heterocycles. The van der Waals surface area contributed by atoms with E-state index in [4.69, 9.17) is 5.11 Å². The maximum absolute atomic E-state index is 11.0. The quantitative estimate of drug-likeness (QED) is 0.655. The fraction of sp³-hybridized carbons (Fsp3) is 0.917. The Bertz CT molecular complexity index is 245. The van der Waals surface area contributed by atoms with Gasteiger partial charge in [-0.25, -0.2) is 0 Å². The van der Waals surface area contributed by atoms with Crippen LogP contribution in [0.4, 0.5) is 0 Å². The highest BCUT2D eigenvalue weighted by Gasteiger charge is 2.36. The monoisotopic (exact) mass is 227 g/mol. The van der Waals surface area contributed by atoms with Crippen molar-refractivity contribution in [2.45, 2.75) is 50.7 Å². The number of hydrogen-bond donors (Lipinski definition) is 3. The molecular weight excluding hydrogens is 206 g/mol. The number of rotatable bonds is 5. The van der Waals surface area contributed by atoms with E-state index >= 15 is 0 Å². The van der Waals surface area contributed by atoms with Crippen LogP contribution in [-0.2, 0) is 4.79 Å². The molecule has 0 heterocycles. The van der Waals surface area contributed by atoms with Crippen molar-refractivity contribution in [2.75, 3.05) is 6.54 Å². The van der Waals surface area contributed by atoms with Crippen molar-refractivity contribution in [3.05, 3.63) is 0 Å². The lowest BCUT2D eigenvalue weighted by Gasteiger charge is -2.26. The Kier molecular flexibility index (Phi) is 3.82. The fourth-order valence-corrected chi connectivity index (χ4v) is 2.53. The van der Waals surface area contributed by atoms with Crippen LogP contribution in [-0.4, -0.2) is 34.9 Å². The summed E-state index contributed by atoms with van der Waals surface area (Å²) in [5, 5.41) is 21.6. The molecule has 0 radical (unpaired) electrons. The van der Waals surface area contributed by atoms with Crippen LogP contribution in [0.15, 0.2) is 0 Å². The van der Waals surface area contributed by atoms with Gasteiger partial charge in [0.05, 0.1) is 6.10 Å². The van der Waals surface area contributed by atoms with Crippen LogP contribution >= 0.6 is 0 Å². The molecule has 2 rings (SSSR count). The summed E-state index contributed by atoms with van der Waals surface area (Å²) in [7, 11) is 0. The minimum absolute atomic E-state index is 0.130. The minimum atomic E-state index is -0.710. The Labute approximate surface area is 96.0 Å². The zero-order chi connectivity index (χ0) is 11.5. The minimum Gasteiger partial charge on any atom is -0.480 e. The van der Waals surface area contributed by atoms with E-state index in [0.29, 0.717) is 11.8 Å². The standard InChI is InChI=1S/C12H21NO3/c14-10-5-1-8(2-6-10)7-13-11(12(15)16)9-3-4-9/h8-11,13-14H,1-7H2,(H,15,16). The van der Waals surface area contributed by atoms with Gasteiger partial charge in [0, 0.05) is 0 Å². The summed E-state index contributed by atoms with van der Waals surface area (Å²) in [5.41, 5.74) is 0. The normalized spacial score (nSPS) is 32.3. The first-order valence-electron chi connectivity index (χ1n) is 6.31. The molecular formula is C12H21NO3. The Balaban J connectivity index is 1.71. The van der Waals surface area contributed by atoms with Gasteiger partial charge < -0.3 is 15.5 Å². The maximum Gasteiger partial charge on any atom is 0.320 e. The predicted molar refractivity (Wildman–Crippen MR) is 60.1 cm³/mol. The van der Waals surface area contributed by atoms with E-state index in [1.807, 2.05) is 0 Å². The fourth-order valence-electron chi connectivity index (χ4n) is 2.53. The van der Waals surface area contributed by atoms with Crippen molar-refractivity contribution in [2.24, 2.45) is 11.8 Å². The summed E-state index contributed by atoms with van der Waals surface area (Å²) in [4.78, 5) is 11.0. The number of carbonyl (C=O) groups is 1. The summed E-state index contributed by atoms with van der Waals surface area (Å²) in [6.45, 7) is 0.792. The summed E-state index contributed by atoms with van der Waals surface area (Å²) >= 11 is 0. The van der Waals surface area contributed by atoms with Crippen molar-refractivity contribution < 1.29 is 15.0 Å². The summed E-state index contributed by atoms with van der Waals surface area (Å²) in [6, 6.07) is -0.341. The Hall–Kier alpha value is -0.610. The molecule has 0 spiro atoms. The number of aliphatic hydroxyl groups is 1. The molecule has 1 unspecified atom stereocenters. The molecule has 0 aromatic carbocycles. The lowest BCUT2D eigenvalue weighted by atomic mass is 9.87. The topological polar surface area (TPSA) is 69.6 Å². The molecule has 4 heteroatoms. The molecule has 0 amide bonds. The van der Waals surface area contributed by atoms with Gasteiger partial charge >= 0.3 is 5.97 Å². The molecule has 0 aromatic rings. The number of carboxylic acid groups (broad SMARTS) is 1. The van der Waals surface area contributed by atoms with Crippen LogP contribution in [0.3, 0.4) is 0 Å². The molecule has 2 aliphatic rings. The lowest BCUT2D eigenvalue weighted by molar-refractivity contribution is -0.140. The second-order valence-corrected chi connectivity index (χ2v) is 5.24. The molecule has 2 aliphatic carbocycles. The van der Waals surface area contributed by atoms with Crippen molar-refractivity contribution >= 4 is 5.97 Å². The van der Waals surface area contributed by atoms with Crippen molar-refractivity contribution in [3.63, 3.8) is 0 Å². The van der Waals surface area contributed by atoms with Crippen molar-refractivity contribution in [3.8, 4) is 0 Å².